The third-order valence-electron chi connectivity index (χ3n) is 5.75. The number of halogens is 1. The van der Waals surface area contributed by atoms with Crippen LogP contribution in [0.2, 0.25) is 0 Å². The number of guanidine groups is 1. The molecule has 3 fully saturated rings. The molecule has 2 N–H and O–H groups in total. The van der Waals surface area contributed by atoms with Crippen molar-refractivity contribution in [3.05, 3.63) is 0 Å². The second-order valence-electron chi connectivity index (χ2n) is 7.05. The second kappa shape index (κ2) is 8.18. The van der Waals surface area contributed by atoms with Crippen molar-refractivity contribution in [2.24, 2.45) is 16.3 Å². The Labute approximate surface area is 152 Å². The molecule has 3 aliphatic carbocycles. The van der Waals surface area contributed by atoms with E-state index in [0.29, 0.717) is 17.6 Å². The average molecular weight is 421 g/mol. The van der Waals surface area contributed by atoms with Crippen molar-refractivity contribution >= 4 is 29.9 Å². The second-order valence-corrected chi connectivity index (χ2v) is 7.05. The average Bonchev–Trinajstić information content (AvgIpc) is 3.22. The first-order valence-electron chi connectivity index (χ1n) is 8.87. The first-order valence-corrected chi connectivity index (χ1v) is 8.87. The summed E-state index contributed by atoms with van der Waals surface area (Å²) >= 11 is 0. The third kappa shape index (κ3) is 3.89. The Kier molecular flexibility index (Phi) is 6.80. The predicted octanol–water partition coefficient (Wildman–Crippen LogP) is 3.31. The molecule has 0 bridgehead atoms. The van der Waals surface area contributed by atoms with Crippen LogP contribution in [-0.4, -0.2) is 38.3 Å². The number of hydrogen-bond acceptors (Lipinski definition) is 2. The van der Waals surface area contributed by atoms with Gasteiger partial charge in [0.2, 0.25) is 0 Å². The lowest BCUT2D eigenvalue weighted by atomic mass is 9.51. The highest BCUT2D eigenvalue weighted by molar-refractivity contribution is 14.0. The fraction of sp³-hybridized carbons (Fsp3) is 0.941. The molecule has 2 atom stereocenters. The van der Waals surface area contributed by atoms with E-state index in [1.807, 2.05) is 7.05 Å². The summed E-state index contributed by atoms with van der Waals surface area (Å²) in [6.07, 6.45) is 11.1. The summed E-state index contributed by atoms with van der Waals surface area (Å²) in [6.45, 7) is 3.99. The molecule has 3 rings (SSSR count). The molecule has 0 saturated heterocycles. The van der Waals surface area contributed by atoms with E-state index >= 15 is 0 Å². The highest BCUT2D eigenvalue weighted by Gasteiger charge is 2.59. The number of nitrogens with one attached hydrogen (secondary N) is 2. The molecule has 2 unspecified atom stereocenters. The van der Waals surface area contributed by atoms with Gasteiger partial charge in [-0.3, -0.25) is 4.99 Å². The molecule has 0 aromatic rings. The maximum atomic E-state index is 5.91. The first kappa shape index (κ1) is 18.3. The van der Waals surface area contributed by atoms with Crippen molar-refractivity contribution in [1.82, 2.24) is 10.6 Å². The fourth-order valence-corrected chi connectivity index (χ4v) is 4.00. The van der Waals surface area contributed by atoms with E-state index in [1.165, 1.54) is 44.9 Å². The summed E-state index contributed by atoms with van der Waals surface area (Å²) in [5.41, 5.74) is 0.404. The summed E-state index contributed by atoms with van der Waals surface area (Å²) in [7, 11) is 1.88. The predicted molar refractivity (Wildman–Crippen MR) is 102 cm³/mol. The minimum Gasteiger partial charge on any atom is -0.378 e. The number of rotatable bonds is 7. The van der Waals surface area contributed by atoms with E-state index in [4.69, 9.17) is 4.74 Å². The van der Waals surface area contributed by atoms with Crippen LogP contribution in [0.4, 0.5) is 0 Å². The molecule has 0 aromatic heterocycles. The fourth-order valence-electron chi connectivity index (χ4n) is 4.00. The lowest BCUT2D eigenvalue weighted by molar-refractivity contribution is -0.168. The standard InChI is InChI=1S/C17H31N3O.HI/c1-3-21-15-12-14(17(15)9-5-10-17)20-16(18-2)19-11-4-6-13-7-8-13;/h13-15H,3-12H2,1-2H3,(H2,18,19,20);1H. The largest absolute Gasteiger partial charge is 0.378 e. The molecule has 22 heavy (non-hydrogen) atoms. The maximum Gasteiger partial charge on any atom is 0.191 e. The molecule has 128 valence electrons. The van der Waals surface area contributed by atoms with E-state index in [-0.39, 0.29) is 24.0 Å². The molecule has 0 amide bonds. The molecule has 5 heteroatoms. The molecule has 0 aliphatic heterocycles. The van der Waals surface area contributed by atoms with Crippen molar-refractivity contribution in [3.8, 4) is 0 Å². The summed E-state index contributed by atoms with van der Waals surface area (Å²) in [6, 6.07) is 0.553. The van der Waals surface area contributed by atoms with Crippen molar-refractivity contribution in [1.29, 1.82) is 0 Å². The van der Waals surface area contributed by atoms with Crippen molar-refractivity contribution < 1.29 is 4.74 Å². The van der Waals surface area contributed by atoms with Gasteiger partial charge < -0.3 is 15.4 Å². The molecule has 0 heterocycles. The van der Waals surface area contributed by atoms with Crippen LogP contribution in [-0.2, 0) is 4.74 Å². The monoisotopic (exact) mass is 421 g/mol. The van der Waals surface area contributed by atoms with Crippen LogP contribution in [0.1, 0.15) is 58.3 Å². The van der Waals surface area contributed by atoms with Crippen LogP contribution in [0.15, 0.2) is 4.99 Å². The smallest absolute Gasteiger partial charge is 0.191 e. The van der Waals surface area contributed by atoms with E-state index < -0.39 is 0 Å². The molecule has 0 aromatic carbocycles. The Bertz CT molecular complexity index is 380. The van der Waals surface area contributed by atoms with Crippen LogP contribution < -0.4 is 10.6 Å². The van der Waals surface area contributed by atoms with Crippen LogP contribution in [0.5, 0.6) is 0 Å². The van der Waals surface area contributed by atoms with Crippen molar-refractivity contribution in [2.75, 3.05) is 20.2 Å². The van der Waals surface area contributed by atoms with Gasteiger partial charge in [-0.2, -0.15) is 0 Å². The van der Waals surface area contributed by atoms with Crippen molar-refractivity contribution in [2.45, 2.75) is 70.4 Å². The van der Waals surface area contributed by atoms with Crippen LogP contribution in [0.25, 0.3) is 0 Å². The molecule has 1 spiro atoms. The van der Waals surface area contributed by atoms with Crippen LogP contribution in [0, 0.1) is 11.3 Å². The van der Waals surface area contributed by atoms with Crippen LogP contribution in [0.3, 0.4) is 0 Å². The first-order chi connectivity index (χ1) is 10.3. The van der Waals surface area contributed by atoms with Gasteiger partial charge >= 0.3 is 0 Å². The quantitative estimate of drug-likeness (QED) is 0.287. The number of ether oxygens (including phenoxy) is 1. The van der Waals surface area contributed by atoms with E-state index in [9.17, 15) is 0 Å². The Balaban J connectivity index is 0.00000176. The van der Waals surface area contributed by atoms with Gasteiger partial charge in [-0.1, -0.05) is 19.3 Å². The van der Waals surface area contributed by atoms with Gasteiger partial charge in [0.05, 0.1) is 6.10 Å². The molecule has 3 saturated carbocycles. The number of nitrogens with zero attached hydrogens (tertiary/aromatic N) is 1. The van der Waals surface area contributed by atoms with E-state index in [0.717, 1.165) is 31.4 Å². The van der Waals surface area contributed by atoms with Crippen LogP contribution >= 0.6 is 24.0 Å². The summed E-state index contributed by atoms with van der Waals surface area (Å²) in [5.74, 6) is 2.01. The zero-order chi connectivity index (χ0) is 14.7. The van der Waals surface area contributed by atoms with Gasteiger partial charge in [0.1, 0.15) is 0 Å². The summed E-state index contributed by atoms with van der Waals surface area (Å²) < 4.78 is 5.91. The number of hydrogen-bond donors (Lipinski definition) is 2. The zero-order valence-electron chi connectivity index (χ0n) is 14.1. The summed E-state index contributed by atoms with van der Waals surface area (Å²) in [5, 5.41) is 7.13. The van der Waals surface area contributed by atoms with Crippen molar-refractivity contribution in [3.63, 3.8) is 0 Å². The molecular weight excluding hydrogens is 389 g/mol. The molecule has 4 nitrogen and oxygen atoms in total. The lowest BCUT2D eigenvalue weighted by Gasteiger charge is -2.61. The zero-order valence-corrected chi connectivity index (χ0v) is 16.4. The summed E-state index contributed by atoms with van der Waals surface area (Å²) in [4.78, 5) is 4.39. The van der Waals surface area contributed by atoms with Gasteiger partial charge in [-0.05, 0) is 44.9 Å². The maximum absolute atomic E-state index is 5.91. The highest BCUT2D eigenvalue weighted by Crippen LogP contribution is 2.57. The molecule has 3 aliphatic rings. The Morgan fingerprint density at radius 1 is 1.32 bits per heavy atom. The normalized spacial score (nSPS) is 29.3. The lowest BCUT2D eigenvalue weighted by Crippen LogP contribution is -2.68. The number of aliphatic imine (C=N–C) groups is 1. The Morgan fingerprint density at radius 3 is 2.64 bits per heavy atom. The van der Waals surface area contributed by atoms with E-state index in [1.54, 1.807) is 0 Å². The molecule has 0 radical (unpaired) electrons. The third-order valence-corrected chi connectivity index (χ3v) is 5.75. The minimum atomic E-state index is 0. The van der Waals surface area contributed by atoms with Gasteiger partial charge in [-0.15, -0.1) is 24.0 Å². The highest BCUT2D eigenvalue weighted by atomic mass is 127. The van der Waals surface area contributed by atoms with Gasteiger partial charge in [0, 0.05) is 31.7 Å². The minimum absolute atomic E-state index is 0. The topological polar surface area (TPSA) is 45.6 Å². The Hall–Kier alpha value is -0.0400. The SMILES string of the molecule is CCOC1CC(NC(=NC)NCCCC2CC2)C12CCC2.I. The van der Waals surface area contributed by atoms with Gasteiger partial charge in [0.25, 0.3) is 0 Å². The van der Waals surface area contributed by atoms with E-state index in [2.05, 4.69) is 22.5 Å². The van der Waals surface area contributed by atoms with Gasteiger partial charge in [0.15, 0.2) is 5.96 Å². The Morgan fingerprint density at radius 2 is 2.09 bits per heavy atom. The molecular formula is C17H32IN3O. The van der Waals surface area contributed by atoms with Gasteiger partial charge in [-0.25, -0.2) is 0 Å².